The van der Waals surface area contributed by atoms with E-state index in [-0.39, 0.29) is 34.3 Å². The van der Waals surface area contributed by atoms with Crippen molar-refractivity contribution in [3.63, 3.8) is 0 Å². The SMILES string of the molecule is C.C.CC(C)CC[C@H](N)C(=O)Nc1nc(-c2ccccc2)cs1.S. The van der Waals surface area contributed by atoms with Crippen molar-refractivity contribution in [3.05, 3.63) is 35.7 Å². The zero-order valence-corrected chi connectivity index (χ0v) is 14.7. The predicted molar refractivity (Wildman–Crippen MR) is 112 cm³/mol. The number of carbonyl (C=O) groups excluding carboxylic acids is 1. The van der Waals surface area contributed by atoms with Gasteiger partial charge >= 0.3 is 0 Å². The Labute approximate surface area is 157 Å². The second kappa shape index (κ2) is 12.1. The highest BCUT2D eigenvalue weighted by atomic mass is 32.1. The molecule has 1 amide bonds. The Balaban J connectivity index is 0. The number of carbonyl (C=O) groups is 1. The van der Waals surface area contributed by atoms with Crippen molar-refractivity contribution in [3.8, 4) is 11.3 Å². The molecule has 0 unspecified atom stereocenters. The van der Waals surface area contributed by atoms with Crippen molar-refractivity contribution in [1.29, 1.82) is 0 Å². The second-order valence-electron chi connectivity index (χ2n) is 5.47. The molecule has 0 saturated heterocycles. The number of rotatable bonds is 6. The van der Waals surface area contributed by atoms with Gasteiger partial charge in [-0.3, -0.25) is 4.79 Å². The van der Waals surface area contributed by atoms with Crippen molar-refractivity contribution in [1.82, 2.24) is 4.98 Å². The lowest BCUT2D eigenvalue weighted by Gasteiger charge is -2.11. The number of nitrogens with one attached hydrogen (secondary N) is 1. The highest BCUT2D eigenvalue weighted by Gasteiger charge is 2.15. The number of thiazole rings is 1. The summed E-state index contributed by atoms with van der Waals surface area (Å²) < 4.78 is 0. The predicted octanol–water partition coefficient (Wildman–Crippen LogP) is 4.90. The number of hydrogen-bond acceptors (Lipinski definition) is 4. The van der Waals surface area contributed by atoms with Crippen molar-refractivity contribution in [2.75, 3.05) is 5.32 Å². The van der Waals surface area contributed by atoms with Crippen LogP contribution in [-0.2, 0) is 4.79 Å². The van der Waals surface area contributed by atoms with Gasteiger partial charge in [-0.2, -0.15) is 13.5 Å². The lowest BCUT2D eigenvalue weighted by Crippen LogP contribution is -2.35. The lowest BCUT2D eigenvalue weighted by atomic mass is 10.0. The van der Waals surface area contributed by atoms with E-state index >= 15 is 0 Å². The van der Waals surface area contributed by atoms with Crippen LogP contribution in [0.15, 0.2) is 35.7 Å². The third-order valence-electron chi connectivity index (χ3n) is 3.20. The molecule has 1 atom stereocenters. The molecule has 4 nitrogen and oxygen atoms in total. The van der Waals surface area contributed by atoms with Crippen LogP contribution < -0.4 is 11.1 Å². The van der Waals surface area contributed by atoms with Gasteiger partial charge in [-0.05, 0) is 18.8 Å². The molecule has 136 valence electrons. The second-order valence-corrected chi connectivity index (χ2v) is 6.33. The molecule has 1 aromatic carbocycles. The van der Waals surface area contributed by atoms with Gasteiger partial charge in [0.15, 0.2) is 5.13 Å². The lowest BCUT2D eigenvalue weighted by molar-refractivity contribution is -0.117. The first-order valence-corrected chi connectivity index (χ1v) is 8.01. The number of nitrogens with zero attached hydrogens (tertiary/aromatic N) is 1. The van der Waals surface area contributed by atoms with Gasteiger partial charge < -0.3 is 11.1 Å². The van der Waals surface area contributed by atoms with E-state index in [1.807, 2.05) is 35.7 Å². The minimum Gasteiger partial charge on any atom is -0.320 e. The molecule has 1 aromatic heterocycles. The normalized spacial score (nSPS) is 10.8. The Kier molecular flexibility index (Phi) is 12.5. The molecular formula is C18H31N3OS2. The first kappa shape index (κ1) is 24.9. The number of nitrogens with two attached hydrogens (primary N) is 1. The average Bonchev–Trinajstić information content (AvgIpc) is 2.94. The topological polar surface area (TPSA) is 68.0 Å². The van der Waals surface area contributed by atoms with E-state index in [2.05, 4.69) is 24.1 Å². The van der Waals surface area contributed by atoms with E-state index in [1.54, 1.807) is 0 Å². The summed E-state index contributed by atoms with van der Waals surface area (Å²) in [6.45, 7) is 4.25. The molecule has 0 aliphatic heterocycles. The van der Waals surface area contributed by atoms with Crippen LogP contribution in [0, 0.1) is 5.92 Å². The van der Waals surface area contributed by atoms with E-state index in [9.17, 15) is 4.79 Å². The van der Waals surface area contributed by atoms with E-state index in [0.717, 1.165) is 17.7 Å². The average molecular weight is 370 g/mol. The first-order valence-electron chi connectivity index (χ1n) is 7.13. The molecule has 2 aromatic rings. The van der Waals surface area contributed by atoms with Gasteiger partial charge in [0, 0.05) is 10.9 Å². The van der Waals surface area contributed by atoms with E-state index in [4.69, 9.17) is 5.73 Å². The van der Waals surface area contributed by atoms with Gasteiger partial charge in [0.1, 0.15) is 0 Å². The Hall–Kier alpha value is -1.37. The molecule has 24 heavy (non-hydrogen) atoms. The van der Waals surface area contributed by atoms with Gasteiger partial charge in [0.05, 0.1) is 11.7 Å². The van der Waals surface area contributed by atoms with Gasteiger partial charge in [-0.25, -0.2) is 4.98 Å². The third kappa shape index (κ3) is 7.47. The Morgan fingerprint density at radius 1 is 1.21 bits per heavy atom. The summed E-state index contributed by atoms with van der Waals surface area (Å²) in [4.78, 5) is 16.4. The molecule has 0 aliphatic rings. The van der Waals surface area contributed by atoms with Crippen molar-refractivity contribution >= 4 is 35.9 Å². The molecule has 0 saturated carbocycles. The van der Waals surface area contributed by atoms with Crippen LogP contribution in [0.1, 0.15) is 41.5 Å². The monoisotopic (exact) mass is 369 g/mol. The quantitative estimate of drug-likeness (QED) is 0.761. The van der Waals surface area contributed by atoms with Gasteiger partial charge in [0.2, 0.25) is 5.91 Å². The summed E-state index contributed by atoms with van der Waals surface area (Å²) in [5.74, 6) is 0.387. The van der Waals surface area contributed by atoms with Crippen LogP contribution in [0.5, 0.6) is 0 Å². The maximum Gasteiger partial charge on any atom is 0.243 e. The van der Waals surface area contributed by atoms with E-state index < -0.39 is 6.04 Å². The van der Waals surface area contributed by atoms with Crippen LogP contribution in [-0.4, -0.2) is 16.9 Å². The highest BCUT2D eigenvalue weighted by Crippen LogP contribution is 2.24. The molecule has 2 rings (SSSR count). The molecule has 0 fully saturated rings. The van der Waals surface area contributed by atoms with Crippen LogP contribution >= 0.6 is 24.8 Å². The van der Waals surface area contributed by atoms with Crippen LogP contribution in [0.3, 0.4) is 0 Å². The summed E-state index contributed by atoms with van der Waals surface area (Å²) in [6, 6.07) is 9.41. The number of aromatic nitrogens is 1. The minimum absolute atomic E-state index is 0. The molecule has 0 aliphatic carbocycles. The first-order chi connectivity index (χ1) is 10.1. The van der Waals surface area contributed by atoms with Crippen LogP contribution in [0.2, 0.25) is 0 Å². The summed E-state index contributed by atoms with van der Waals surface area (Å²) in [6.07, 6.45) is 1.64. The molecule has 6 heteroatoms. The number of hydrogen-bond donors (Lipinski definition) is 2. The van der Waals surface area contributed by atoms with Gasteiger partial charge in [-0.1, -0.05) is 59.0 Å². The van der Waals surface area contributed by atoms with E-state index in [0.29, 0.717) is 17.5 Å². The molecular weight excluding hydrogens is 338 g/mol. The largest absolute Gasteiger partial charge is 0.320 e. The van der Waals surface area contributed by atoms with Gasteiger partial charge in [0.25, 0.3) is 0 Å². The Morgan fingerprint density at radius 3 is 2.42 bits per heavy atom. The zero-order chi connectivity index (χ0) is 15.2. The van der Waals surface area contributed by atoms with E-state index in [1.165, 1.54) is 11.3 Å². The highest BCUT2D eigenvalue weighted by molar-refractivity contribution is 7.59. The van der Waals surface area contributed by atoms with Crippen molar-refractivity contribution in [2.24, 2.45) is 11.7 Å². The fraction of sp³-hybridized carbons (Fsp3) is 0.444. The van der Waals surface area contributed by atoms with Gasteiger partial charge in [-0.15, -0.1) is 11.3 Å². The number of benzene rings is 1. The summed E-state index contributed by atoms with van der Waals surface area (Å²) >= 11 is 1.42. The zero-order valence-electron chi connectivity index (χ0n) is 12.9. The smallest absolute Gasteiger partial charge is 0.243 e. The summed E-state index contributed by atoms with van der Waals surface area (Å²) in [7, 11) is 0. The summed E-state index contributed by atoms with van der Waals surface area (Å²) in [5, 5.41) is 5.33. The fourth-order valence-corrected chi connectivity index (χ4v) is 2.64. The molecule has 3 N–H and O–H groups in total. The molecule has 0 radical (unpaired) electrons. The van der Waals surface area contributed by atoms with Crippen molar-refractivity contribution < 1.29 is 4.79 Å². The Morgan fingerprint density at radius 2 is 1.83 bits per heavy atom. The maximum atomic E-state index is 12.0. The summed E-state index contributed by atoms with van der Waals surface area (Å²) in [5.41, 5.74) is 7.80. The maximum absolute atomic E-state index is 12.0. The van der Waals surface area contributed by atoms with Crippen LogP contribution in [0.25, 0.3) is 11.3 Å². The standard InChI is InChI=1S/C16H21N3OS.2CH4.H2S/c1-11(2)8-9-13(17)15(20)19-16-18-14(10-21-16)12-6-4-3-5-7-12;;;/h3-7,10-11,13H,8-9,17H2,1-2H3,(H,18,19,20);2*1H4;1H2/t13-;;;/m0.../s1. The van der Waals surface area contributed by atoms with Crippen LogP contribution in [0.4, 0.5) is 5.13 Å². The molecule has 1 heterocycles. The Bertz CT molecular complexity index is 585. The fourth-order valence-electron chi connectivity index (χ4n) is 1.91. The number of anilines is 1. The third-order valence-corrected chi connectivity index (χ3v) is 3.95. The minimum atomic E-state index is -0.475. The van der Waals surface area contributed by atoms with Crippen molar-refractivity contribution in [2.45, 2.75) is 47.6 Å². The molecule has 0 spiro atoms. The molecule has 0 bridgehead atoms. The number of amides is 1.